The van der Waals surface area contributed by atoms with E-state index in [4.69, 9.17) is 0 Å². The molecule has 2 aliphatic rings. The Morgan fingerprint density at radius 2 is 1.89 bits per heavy atom. The molecule has 1 aromatic rings. The maximum atomic E-state index is 14.0. The summed E-state index contributed by atoms with van der Waals surface area (Å²) in [4.78, 5) is 30.7. The van der Waals surface area contributed by atoms with Gasteiger partial charge in [0.1, 0.15) is 17.3 Å². The minimum Gasteiger partial charge on any atom is -0.365 e. The van der Waals surface area contributed by atoms with Crippen LogP contribution in [0.1, 0.15) is 25.7 Å². The summed E-state index contributed by atoms with van der Waals surface area (Å²) >= 11 is 0. The first kappa shape index (κ1) is 20.0. The molecule has 2 N–H and O–H groups in total. The number of guanidine groups is 1. The van der Waals surface area contributed by atoms with Gasteiger partial charge in [-0.3, -0.25) is 19.5 Å². The van der Waals surface area contributed by atoms with E-state index in [-0.39, 0.29) is 30.1 Å². The van der Waals surface area contributed by atoms with Crippen molar-refractivity contribution in [2.24, 2.45) is 4.99 Å². The van der Waals surface area contributed by atoms with E-state index >= 15 is 0 Å². The van der Waals surface area contributed by atoms with Gasteiger partial charge in [0.05, 0.1) is 0 Å². The number of piperidine rings is 1. The quantitative estimate of drug-likeness (QED) is 0.447. The molecular weight excluding hydrogens is 368 g/mol. The smallest absolute Gasteiger partial charge is 0.229 e. The highest BCUT2D eigenvalue weighted by molar-refractivity contribution is 5.97. The number of amides is 2. The highest BCUT2D eigenvalue weighted by atomic mass is 19.1. The molecule has 1 aromatic carbocycles. The average molecular weight is 393 g/mol. The molecule has 1 atom stereocenters. The molecule has 3 rings (SSSR count). The first-order chi connectivity index (χ1) is 13.5. The van der Waals surface area contributed by atoms with Gasteiger partial charge >= 0.3 is 0 Å². The van der Waals surface area contributed by atoms with Crippen LogP contribution in [0.2, 0.25) is 0 Å². The van der Waals surface area contributed by atoms with Crippen LogP contribution in [0.4, 0.5) is 14.5 Å². The van der Waals surface area contributed by atoms with Crippen molar-refractivity contribution < 1.29 is 18.4 Å². The molecule has 7 nitrogen and oxygen atoms in total. The van der Waals surface area contributed by atoms with Crippen LogP contribution < -0.4 is 15.5 Å². The summed E-state index contributed by atoms with van der Waals surface area (Å²) in [5.41, 5.74) is -0.00290. The molecule has 0 aliphatic carbocycles. The summed E-state index contributed by atoms with van der Waals surface area (Å²) in [6.45, 7) is 1.65. The molecule has 2 amide bonds. The number of nitrogens with one attached hydrogen (secondary N) is 2. The predicted molar refractivity (Wildman–Crippen MR) is 102 cm³/mol. The van der Waals surface area contributed by atoms with Gasteiger partial charge in [0.25, 0.3) is 0 Å². The molecule has 0 spiro atoms. The van der Waals surface area contributed by atoms with Crippen molar-refractivity contribution in [1.82, 2.24) is 15.5 Å². The lowest BCUT2D eigenvalue weighted by molar-refractivity contribution is -0.147. The van der Waals surface area contributed by atoms with Crippen molar-refractivity contribution >= 4 is 23.5 Å². The van der Waals surface area contributed by atoms with E-state index in [1.165, 1.54) is 23.1 Å². The lowest BCUT2D eigenvalue weighted by atomic mass is 10.1. The van der Waals surface area contributed by atoms with Crippen molar-refractivity contribution in [3.63, 3.8) is 0 Å². The summed E-state index contributed by atoms with van der Waals surface area (Å²) < 4.78 is 27.9. The van der Waals surface area contributed by atoms with Crippen LogP contribution in [-0.2, 0) is 9.59 Å². The van der Waals surface area contributed by atoms with Gasteiger partial charge in [-0.25, -0.2) is 8.78 Å². The lowest BCUT2D eigenvalue weighted by Gasteiger charge is -2.25. The normalized spacial score (nSPS) is 20.7. The number of likely N-dealkylation sites (tertiary alicyclic amines) is 1. The second-order valence-electron chi connectivity index (χ2n) is 6.94. The van der Waals surface area contributed by atoms with Crippen molar-refractivity contribution in [1.29, 1.82) is 0 Å². The standard InChI is InChI=1S/C19H25F2N5O2/c1-22-19(23-9-11-26-16(27)6-3-7-17(26)28)24-13-8-10-25(12-13)18-14(20)4-2-5-15(18)21/h2,4-5,13H,3,6-12H2,1H3,(H2,22,23,24). The summed E-state index contributed by atoms with van der Waals surface area (Å²) in [6.07, 6.45) is 2.13. The number of carbonyl (C=O) groups excluding carboxylic acids is 2. The van der Waals surface area contributed by atoms with Gasteiger partial charge < -0.3 is 15.5 Å². The third kappa shape index (κ3) is 4.58. The summed E-state index contributed by atoms with van der Waals surface area (Å²) in [5, 5.41) is 6.32. The van der Waals surface area contributed by atoms with E-state index in [0.29, 0.717) is 51.3 Å². The molecule has 0 aromatic heterocycles. The fourth-order valence-corrected chi connectivity index (χ4v) is 3.60. The molecule has 0 bridgehead atoms. The Balaban J connectivity index is 1.49. The van der Waals surface area contributed by atoms with Crippen molar-refractivity contribution in [2.75, 3.05) is 38.1 Å². The predicted octanol–water partition coefficient (Wildman–Crippen LogP) is 1.25. The Bertz CT molecular complexity index is 734. The minimum absolute atomic E-state index is 0.00290. The Hall–Kier alpha value is -2.71. The van der Waals surface area contributed by atoms with Crippen LogP contribution in [-0.4, -0.2) is 61.9 Å². The highest BCUT2D eigenvalue weighted by Gasteiger charge is 2.28. The summed E-state index contributed by atoms with van der Waals surface area (Å²) in [5.74, 6) is -0.894. The molecule has 2 aliphatic heterocycles. The van der Waals surface area contributed by atoms with E-state index in [9.17, 15) is 18.4 Å². The zero-order valence-electron chi connectivity index (χ0n) is 15.9. The highest BCUT2D eigenvalue weighted by Crippen LogP contribution is 2.26. The minimum atomic E-state index is -0.570. The fourth-order valence-electron chi connectivity index (χ4n) is 3.60. The van der Waals surface area contributed by atoms with Crippen LogP contribution in [0.25, 0.3) is 0 Å². The first-order valence-corrected chi connectivity index (χ1v) is 9.49. The second-order valence-corrected chi connectivity index (χ2v) is 6.94. The number of aliphatic imine (C=N–C) groups is 1. The third-order valence-corrected chi connectivity index (χ3v) is 5.02. The molecular formula is C19H25F2N5O2. The molecule has 2 saturated heterocycles. The van der Waals surface area contributed by atoms with E-state index < -0.39 is 11.6 Å². The third-order valence-electron chi connectivity index (χ3n) is 5.02. The molecule has 28 heavy (non-hydrogen) atoms. The maximum Gasteiger partial charge on any atom is 0.229 e. The number of benzene rings is 1. The zero-order valence-corrected chi connectivity index (χ0v) is 15.9. The molecule has 2 heterocycles. The monoisotopic (exact) mass is 393 g/mol. The van der Waals surface area contributed by atoms with Crippen LogP contribution in [0, 0.1) is 11.6 Å². The van der Waals surface area contributed by atoms with Crippen molar-refractivity contribution in [2.45, 2.75) is 31.7 Å². The summed E-state index contributed by atoms with van der Waals surface area (Å²) in [6, 6.07) is 3.83. The Labute approximate surface area is 162 Å². The summed E-state index contributed by atoms with van der Waals surface area (Å²) in [7, 11) is 1.62. The number of halogens is 2. The second kappa shape index (κ2) is 8.99. The van der Waals surface area contributed by atoms with E-state index in [0.717, 1.165) is 0 Å². The SMILES string of the molecule is CN=C(NCCN1C(=O)CCCC1=O)NC1CCN(c2c(F)cccc2F)C1. The number of para-hydroxylation sites is 1. The van der Waals surface area contributed by atoms with Gasteiger partial charge in [-0.1, -0.05) is 6.07 Å². The largest absolute Gasteiger partial charge is 0.365 e. The first-order valence-electron chi connectivity index (χ1n) is 9.49. The van der Waals surface area contributed by atoms with E-state index in [2.05, 4.69) is 15.6 Å². The molecule has 0 radical (unpaired) electrons. The van der Waals surface area contributed by atoms with Gasteiger partial charge in [0, 0.05) is 52.1 Å². The number of rotatable bonds is 5. The van der Waals surface area contributed by atoms with Crippen LogP contribution in [0.3, 0.4) is 0 Å². The number of imide groups is 1. The molecule has 2 fully saturated rings. The molecule has 152 valence electrons. The Morgan fingerprint density at radius 1 is 1.21 bits per heavy atom. The Kier molecular flexibility index (Phi) is 6.43. The number of hydrogen-bond acceptors (Lipinski definition) is 4. The average Bonchev–Trinajstić information content (AvgIpc) is 3.11. The van der Waals surface area contributed by atoms with Crippen molar-refractivity contribution in [3.05, 3.63) is 29.8 Å². The van der Waals surface area contributed by atoms with E-state index in [1.807, 2.05) is 0 Å². The van der Waals surface area contributed by atoms with E-state index in [1.54, 1.807) is 11.9 Å². The maximum absolute atomic E-state index is 14.0. The van der Waals surface area contributed by atoms with Gasteiger partial charge in [-0.05, 0) is 25.0 Å². The van der Waals surface area contributed by atoms with Crippen LogP contribution in [0.15, 0.2) is 23.2 Å². The molecule has 9 heteroatoms. The number of nitrogens with zero attached hydrogens (tertiary/aromatic N) is 3. The number of carbonyl (C=O) groups is 2. The van der Waals surface area contributed by atoms with Crippen LogP contribution in [0.5, 0.6) is 0 Å². The van der Waals surface area contributed by atoms with Gasteiger partial charge in [0.15, 0.2) is 5.96 Å². The lowest BCUT2D eigenvalue weighted by Crippen LogP contribution is -2.48. The van der Waals surface area contributed by atoms with Gasteiger partial charge in [-0.15, -0.1) is 0 Å². The molecule has 0 saturated carbocycles. The number of hydrogen-bond donors (Lipinski definition) is 2. The van der Waals surface area contributed by atoms with Gasteiger partial charge in [0.2, 0.25) is 11.8 Å². The fraction of sp³-hybridized carbons (Fsp3) is 0.526. The topological polar surface area (TPSA) is 77.0 Å². The van der Waals surface area contributed by atoms with Crippen molar-refractivity contribution in [3.8, 4) is 0 Å². The zero-order chi connectivity index (χ0) is 20.1. The number of anilines is 1. The Morgan fingerprint density at radius 3 is 2.54 bits per heavy atom. The van der Waals surface area contributed by atoms with Gasteiger partial charge in [-0.2, -0.15) is 0 Å². The van der Waals surface area contributed by atoms with Crippen LogP contribution >= 0.6 is 0 Å². The molecule has 1 unspecified atom stereocenters.